The van der Waals surface area contributed by atoms with Gasteiger partial charge < -0.3 is 9.47 Å². The second-order valence-electron chi connectivity index (χ2n) is 5.47. The third-order valence-corrected chi connectivity index (χ3v) is 4.04. The third kappa shape index (κ3) is 4.40. The fourth-order valence-electron chi connectivity index (χ4n) is 2.39. The first kappa shape index (κ1) is 19.4. The van der Waals surface area contributed by atoms with Crippen molar-refractivity contribution in [3.05, 3.63) is 46.7 Å². The van der Waals surface area contributed by atoms with E-state index in [4.69, 9.17) is 21.1 Å². The first-order valence-electron chi connectivity index (χ1n) is 8.23. The Morgan fingerprint density at radius 1 is 0.800 bits per heavy atom. The minimum atomic E-state index is -1.17. The third-order valence-electron chi connectivity index (χ3n) is 3.69. The molecule has 2 aromatic rings. The number of hydrogen-bond donors (Lipinski definition) is 0. The molecule has 136 valence electrons. The van der Waals surface area contributed by atoms with Crippen LogP contribution in [0.25, 0.3) is 11.1 Å². The minimum Gasteiger partial charge on any atom is -0.492 e. The molecule has 0 aliphatic carbocycles. The summed E-state index contributed by atoms with van der Waals surface area (Å²) in [6.45, 7) is 4.38. The van der Waals surface area contributed by atoms with Crippen molar-refractivity contribution in [3.63, 3.8) is 0 Å². The summed E-state index contributed by atoms with van der Waals surface area (Å²) >= 11 is 5.91. The van der Waals surface area contributed by atoms with E-state index in [2.05, 4.69) is 0 Å². The summed E-state index contributed by atoms with van der Waals surface area (Å²) in [6.07, 6.45) is 2.69. The molecule has 0 N–H and O–H groups in total. The Bertz CT molecular complexity index is 735. The fourth-order valence-corrected chi connectivity index (χ4v) is 2.61. The maximum atomic E-state index is 14.4. The standard InChI is InChI=1S/C19H20ClF3O2/c1-3-5-6-11-25-15-10-8-13(18(22)19(15)23)12-7-9-14(24-4-2)16(20)17(12)21/h7-10H,3-6,11H2,1-2H3. The van der Waals surface area contributed by atoms with E-state index in [0.717, 1.165) is 19.3 Å². The number of benzene rings is 2. The molecule has 0 spiro atoms. The summed E-state index contributed by atoms with van der Waals surface area (Å²) in [7, 11) is 0. The lowest BCUT2D eigenvalue weighted by Gasteiger charge is -2.13. The van der Waals surface area contributed by atoms with Crippen LogP contribution in [0.1, 0.15) is 33.1 Å². The summed E-state index contributed by atoms with van der Waals surface area (Å²) in [6, 6.07) is 5.31. The average Bonchev–Trinajstić information content (AvgIpc) is 2.60. The molecule has 0 radical (unpaired) electrons. The van der Waals surface area contributed by atoms with Crippen LogP contribution in [-0.4, -0.2) is 13.2 Å². The van der Waals surface area contributed by atoms with Crippen molar-refractivity contribution in [2.24, 2.45) is 0 Å². The highest BCUT2D eigenvalue weighted by Gasteiger charge is 2.21. The predicted octanol–water partition coefficient (Wildman–Crippen LogP) is 6.39. The molecule has 0 aliphatic heterocycles. The predicted molar refractivity (Wildman–Crippen MR) is 93.0 cm³/mol. The fraction of sp³-hybridized carbons (Fsp3) is 0.368. The zero-order valence-electron chi connectivity index (χ0n) is 14.2. The highest BCUT2D eigenvalue weighted by atomic mass is 35.5. The Labute approximate surface area is 150 Å². The van der Waals surface area contributed by atoms with E-state index < -0.39 is 17.5 Å². The van der Waals surface area contributed by atoms with Crippen molar-refractivity contribution in [1.82, 2.24) is 0 Å². The van der Waals surface area contributed by atoms with Crippen LogP contribution in [0.3, 0.4) is 0 Å². The first-order chi connectivity index (χ1) is 12.0. The molecule has 0 unspecified atom stereocenters. The zero-order valence-corrected chi connectivity index (χ0v) is 14.9. The topological polar surface area (TPSA) is 18.5 Å². The molecular formula is C19H20ClF3O2. The van der Waals surface area contributed by atoms with Crippen LogP contribution in [0.4, 0.5) is 13.2 Å². The molecule has 25 heavy (non-hydrogen) atoms. The molecule has 2 aromatic carbocycles. The Balaban J connectivity index is 2.31. The SMILES string of the molecule is CCCCCOc1ccc(-c2ccc(OCC)c(Cl)c2F)c(F)c1F. The minimum absolute atomic E-state index is 0.137. The summed E-state index contributed by atoms with van der Waals surface area (Å²) in [5.74, 6) is -3.20. The number of rotatable bonds is 8. The molecule has 0 bridgehead atoms. The normalized spacial score (nSPS) is 10.8. The van der Waals surface area contributed by atoms with Crippen LogP contribution >= 0.6 is 11.6 Å². The van der Waals surface area contributed by atoms with Crippen molar-refractivity contribution in [2.75, 3.05) is 13.2 Å². The van der Waals surface area contributed by atoms with Gasteiger partial charge in [0.1, 0.15) is 10.8 Å². The number of ether oxygens (including phenoxy) is 2. The maximum Gasteiger partial charge on any atom is 0.201 e. The molecule has 0 aliphatic rings. The molecule has 0 atom stereocenters. The van der Waals surface area contributed by atoms with Crippen molar-refractivity contribution >= 4 is 11.6 Å². The van der Waals surface area contributed by atoms with Gasteiger partial charge in [-0.25, -0.2) is 8.78 Å². The highest BCUT2D eigenvalue weighted by Crippen LogP contribution is 2.37. The van der Waals surface area contributed by atoms with Gasteiger partial charge in [-0.2, -0.15) is 4.39 Å². The first-order valence-corrected chi connectivity index (χ1v) is 8.61. The molecule has 0 saturated carbocycles. The van der Waals surface area contributed by atoms with Gasteiger partial charge in [-0.15, -0.1) is 0 Å². The van der Waals surface area contributed by atoms with Crippen molar-refractivity contribution in [2.45, 2.75) is 33.1 Å². The van der Waals surface area contributed by atoms with Crippen molar-refractivity contribution < 1.29 is 22.6 Å². The van der Waals surface area contributed by atoms with Gasteiger partial charge in [-0.1, -0.05) is 31.4 Å². The van der Waals surface area contributed by atoms with E-state index in [1.54, 1.807) is 6.92 Å². The molecule has 6 heteroatoms. The van der Waals surface area contributed by atoms with Gasteiger partial charge in [0.15, 0.2) is 17.4 Å². The van der Waals surface area contributed by atoms with Crippen molar-refractivity contribution in [3.8, 4) is 22.6 Å². The van der Waals surface area contributed by atoms with Gasteiger partial charge in [0.2, 0.25) is 5.82 Å². The summed E-state index contributed by atoms with van der Waals surface area (Å²) in [4.78, 5) is 0. The van der Waals surface area contributed by atoms with Gasteiger partial charge in [-0.05, 0) is 37.6 Å². The summed E-state index contributed by atoms with van der Waals surface area (Å²) in [5, 5.41) is -0.265. The second kappa shape index (κ2) is 8.99. The Morgan fingerprint density at radius 3 is 2.08 bits per heavy atom. The monoisotopic (exact) mass is 372 g/mol. The molecule has 2 nitrogen and oxygen atoms in total. The molecule has 0 amide bonds. The van der Waals surface area contributed by atoms with Gasteiger partial charge in [0.25, 0.3) is 0 Å². The van der Waals surface area contributed by atoms with Crippen LogP contribution in [0, 0.1) is 17.5 Å². The lowest BCUT2D eigenvalue weighted by atomic mass is 10.0. The van der Waals surface area contributed by atoms with Gasteiger partial charge >= 0.3 is 0 Å². The smallest absolute Gasteiger partial charge is 0.201 e. The molecule has 0 fully saturated rings. The van der Waals surface area contributed by atoms with E-state index in [0.29, 0.717) is 13.2 Å². The van der Waals surface area contributed by atoms with E-state index >= 15 is 0 Å². The molecule has 2 rings (SSSR count). The number of unbranched alkanes of at least 4 members (excludes halogenated alkanes) is 2. The second-order valence-corrected chi connectivity index (χ2v) is 5.84. The van der Waals surface area contributed by atoms with Gasteiger partial charge in [0, 0.05) is 11.1 Å². The largest absolute Gasteiger partial charge is 0.492 e. The number of halogens is 4. The Hall–Kier alpha value is -1.88. The Morgan fingerprint density at radius 2 is 1.44 bits per heavy atom. The highest BCUT2D eigenvalue weighted by molar-refractivity contribution is 6.32. The van der Waals surface area contributed by atoms with E-state index in [9.17, 15) is 13.2 Å². The quantitative estimate of drug-likeness (QED) is 0.500. The molecule has 0 heterocycles. The zero-order chi connectivity index (χ0) is 18.4. The summed E-state index contributed by atoms with van der Waals surface area (Å²) in [5.41, 5.74) is -0.358. The van der Waals surface area contributed by atoms with Gasteiger partial charge in [0.05, 0.1) is 13.2 Å². The van der Waals surface area contributed by atoms with Crippen LogP contribution in [0.2, 0.25) is 5.02 Å². The lowest BCUT2D eigenvalue weighted by Crippen LogP contribution is -2.02. The maximum absolute atomic E-state index is 14.4. The van der Waals surface area contributed by atoms with E-state index in [1.807, 2.05) is 6.92 Å². The molecular weight excluding hydrogens is 353 g/mol. The van der Waals surface area contributed by atoms with Crippen molar-refractivity contribution in [1.29, 1.82) is 0 Å². The number of hydrogen-bond acceptors (Lipinski definition) is 2. The van der Waals surface area contributed by atoms with E-state index in [-0.39, 0.29) is 27.6 Å². The Kier molecular flexibility index (Phi) is 7.00. The summed E-state index contributed by atoms with van der Waals surface area (Å²) < 4.78 is 53.5. The van der Waals surface area contributed by atoms with Crippen LogP contribution in [0.5, 0.6) is 11.5 Å². The molecule has 0 saturated heterocycles. The van der Waals surface area contributed by atoms with Crippen LogP contribution in [0.15, 0.2) is 24.3 Å². The lowest BCUT2D eigenvalue weighted by molar-refractivity contribution is 0.286. The molecule has 0 aromatic heterocycles. The van der Waals surface area contributed by atoms with Gasteiger partial charge in [-0.3, -0.25) is 0 Å². The van der Waals surface area contributed by atoms with E-state index in [1.165, 1.54) is 24.3 Å². The van der Waals surface area contributed by atoms with Crippen LogP contribution in [-0.2, 0) is 0 Å². The average molecular weight is 373 g/mol. The van der Waals surface area contributed by atoms with Crippen LogP contribution < -0.4 is 9.47 Å².